The Morgan fingerprint density at radius 3 is 2.47 bits per heavy atom. The molecule has 3 atom stereocenters. The van der Waals surface area contributed by atoms with Crippen LogP contribution in [0.15, 0.2) is 54.6 Å². The molecule has 0 amide bonds. The molecular formula is C20H22ClN5O4. The zero-order chi connectivity index (χ0) is 21.9. The number of carbonyl (C=O) groups excluding carboxylic acids is 1. The molecule has 1 heterocycles. The van der Waals surface area contributed by atoms with Crippen LogP contribution in [0.3, 0.4) is 0 Å². The van der Waals surface area contributed by atoms with Gasteiger partial charge in [-0.15, -0.1) is 0 Å². The van der Waals surface area contributed by atoms with Gasteiger partial charge in [0.15, 0.2) is 0 Å². The van der Waals surface area contributed by atoms with Gasteiger partial charge in [0.25, 0.3) is 0 Å². The van der Waals surface area contributed by atoms with E-state index in [0.29, 0.717) is 10.6 Å². The number of guanidine groups is 1. The number of aliphatic carboxylic acids is 1. The number of nitrogens with zero attached hydrogens (tertiary/aromatic N) is 1. The second-order valence-corrected chi connectivity index (χ2v) is 7.38. The highest BCUT2D eigenvalue weighted by atomic mass is 35.5. The lowest BCUT2D eigenvalue weighted by Crippen LogP contribution is -2.53. The fourth-order valence-corrected chi connectivity index (χ4v) is 3.57. The van der Waals surface area contributed by atoms with Crippen molar-refractivity contribution in [1.29, 1.82) is 5.41 Å². The van der Waals surface area contributed by atoms with E-state index < -0.39 is 36.0 Å². The molecule has 0 aromatic heterocycles. The highest BCUT2D eigenvalue weighted by Crippen LogP contribution is 2.43. The van der Waals surface area contributed by atoms with Crippen molar-refractivity contribution in [2.75, 3.05) is 6.54 Å². The van der Waals surface area contributed by atoms with Crippen molar-refractivity contribution in [1.82, 2.24) is 10.4 Å². The number of rotatable bonds is 6. The normalized spacial score (nSPS) is 21.8. The number of esters is 1. The molecule has 1 saturated heterocycles. The van der Waals surface area contributed by atoms with Gasteiger partial charge in [0.1, 0.15) is 6.04 Å². The van der Waals surface area contributed by atoms with Crippen LogP contribution in [0.4, 0.5) is 0 Å². The average molecular weight is 432 g/mol. The largest absolute Gasteiger partial charge is 0.481 e. The lowest BCUT2D eigenvalue weighted by atomic mass is 9.84. The van der Waals surface area contributed by atoms with Crippen molar-refractivity contribution < 1.29 is 19.4 Å². The Morgan fingerprint density at radius 1 is 1.27 bits per heavy atom. The first kappa shape index (κ1) is 21.6. The van der Waals surface area contributed by atoms with Crippen molar-refractivity contribution >= 4 is 29.5 Å². The summed E-state index contributed by atoms with van der Waals surface area (Å²) in [6.07, 6.45) is -0.581. The van der Waals surface area contributed by atoms with Gasteiger partial charge >= 0.3 is 11.9 Å². The number of carboxylic acids is 1. The van der Waals surface area contributed by atoms with Crippen molar-refractivity contribution in [3.8, 4) is 0 Å². The van der Waals surface area contributed by atoms with Crippen LogP contribution in [0, 0.1) is 5.41 Å². The van der Waals surface area contributed by atoms with Gasteiger partial charge in [0.05, 0.1) is 18.9 Å². The molecule has 0 bridgehead atoms. The molecule has 0 saturated carbocycles. The number of carboxylic acid groups (broad SMARTS) is 1. The first-order chi connectivity index (χ1) is 14.2. The van der Waals surface area contributed by atoms with Gasteiger partial charge in [-0.1, -0.05) is 54.1 Å². The van der Waals surface area contributed by atoms with Crippen LogP contribution in [0.5, 0.6) is 0 Å². The van der Waals surface area contributed by atoms with Gasteiger partial charge in [-0.2, -0.15) is 5.43 Å². The summed E-state index contributed by atoms with van der Waals surface area (Å²) in [5, 5.41) is 18.7. The maximum atomic E-state index is 12.8. The molecule has 0 spiro atoms. The monoisotopic (exact) mass is 431 g/mol. The Kier molecular flexibility index (Phi) is 6.25. The van der Waals surface area contributed by atoms with E-state index in [9.17, 15) is 9.59 Å². The van der Waals surface area contributed by atoms with Crippen molar-refractivity contribution in [2.24, 2.45) is 11.5 Å². The van der Waals surface area contributed by atoms with E-state index in [0.717, 1.165) is 5.56 Å². The average Bonchev–Trinajstić information content (AvgIpc) is 3.09. The van der Waals surface area contributed by atoms with Gasteiger partial charge < -0.3 is 21.3 Å². The van der Waals surface area contributed by atoms with Crippen LogP contribution in [0.2, 0.25) is 5.02 Å². The Bertz CT molecular complexity index is 940. The Morgan fingerprint density at radius 2 is 1.90 bits per heavy atom. The van der Waals surface area contributed by atoms with Crippen LogP contribution in [0.25, 0.3) is 0 Å². The summed E-state index contributed by atoms with van der Waals surface area (Å²) in [4.78, 5) is 23.7. The number of hydrogen-bond donors (Lipinski definition) is 5. The van der Waals surface area contributed by atoms with Crippen molar-refractivity contribution in [3.63, 3.8) is 0 Å². The van der Waals surface area contributed by atoms with Crippen molar-refractivity contribution in [3.05, 3.63) is 70.7 Å². The molecule has 1 aliphatic rings. The molecule has 10 heteroatoms. The SMILES string of the molecule is N=C(N)N1C[C@H](c2ccccc2)C(OC(=O)[C@@H](N)CC(=O)O)(c2ccc(Cl)cc2)N1. The van der Waals surface area contributed by atoms with Crippen LogP contribution in [-0.2, 0) is 20.1 Å². The van der Waals surface area contributed by atoms with E-state index in [1.807, 2.05) is 30.3 Å². The summed E-state index contributed by atoms with van der Waals surface area (Å²) in [5.41, 5.74) is 14.4. The van der Waals surface area contributed by atoms with Gasteiger partial charge in [-0.3, -0.25) is 20.0 Å². The Hall–Kier alpha value is -3.14. The molecule has 158 valence electrons. The molecule has 1 aliphatic heterocycles. The van der Waals surface area contributed by atoms with Crippen LogP contribution < -0.4 is 16.9 Å². The number of benzene rings is 2. The lowest BCUT2D eigenvalue weighted by molar-refractivity contribution is -0.170. The van der Waals surface area contributed by atoms with E-state index >= 15 is 0 Å². The summed E-state index contributed by atoms with van der Waals surface area (Å²) >= 11 is 6.03. The van der Waals surface area contributed by atoms with Crippen molar-refractivity contribution in [2.45, 2.75) is 24.1 Å². The predicted molar refractivity (Wildman–Crippen MR) is 110 cm³/mol. The Labute approximate surface area is 178 Å². The topological polar surface area (TPSA) is 155 Å². The molecule has 30 heavy (non-hydrogen) atoms. The molecule has 3 rings (SSSR count). The predicted octanol–water partition coefficient (Wildman–Crippen LogP) is 1.34. The molecule has 7 N–H and O–H groups in total. The summed E-state index contributed by atoms with van der Waals surface area (Å²) in [6.45, 7) is 0.226. The zero-order valence-corrected chi connectivity index (χ0v) is 16.7. The van der Waals surface area contributed by atoms with Crippen LogP contribution in [-0.4, -0.2) is 40.6 Å². The first-order valence-electron chi connectivity index (χ1n) is 9.13. The van der Waals surface area contributed by atoms with Gasteiger partial charge in [-0.05, 0) is 17.7 Å². The second kappa shape index (κ2) is 8.70. The smallest absolute Gasteiger partial charge is 0.325 e. The van der Waals surface area contributed by atoms with Gasteiger partial charge in [0, 0.05) is 10.6 Å². The number of ether oxygens (including phenoxy) is 1. The number of nitrogens with two attached hydrogens (primary N) is 2. The lowest BCUT2D eigenvalue weighted by Gasteiger charge is -2.35. The molecule has 2 aromatic rings. The van der Waals surface area contributed by atoms with E-state index in [1.54, 1.807) is 24.3 Å². The first-order valence-corrected chi connectivity index (χ1v) is 9.51. The molecule has 1 unspecified atom stereocenters. The minimum absolute atomic E-state index is 0.226. The quantitative estimate of drug-likeness (QED) is 0.260. The molecule has 9 nitrogen and oxygen atoms in total. The van der Waals surface area contributed by atoms with Crippen LogP contribution >= 0.6 is 11.6 Å². The summed E-state index contributed by atoms with van der Waals surface area (Å²) in [6, 6.07) is 14.6. The standard InChI is InChI=1S/C20H22ClN5O4/c21-14-8-6-13(7-9-14)20(30-18(29)16(22)10-17(27)28)15(11-26(25-20)19(23)24)12-4-2-1-3-5-12/h1-9,15-16,25H,10-11,22H2,(H3,23,24)(H,27,28)/t15-,16+,20?/m1/s1. The highest BCUT2D eigenvalue weighted by molar-refractivity contribution is 6.30. The second-order valence-electron chi connectivity index (χ2n) is 6.94. The third kappa shape index (κ3) is 4.38. The van der Waals surface area contributed by atoms with Crippen LogP contribution in [0.1, 0.15) is 23.5 Å². The maximum Gasteiger partial charge on any atom is 0.325 e. The highest BCUT2D eigenvalue weighted by Gasteiger charge is 2.53. The summed E-state index contributed by atoms with van der Waals surface area (Å²) < 4.78 is 5.86. The minimum atomic E-state index is -1.48. The van der Waals surface area contributed by atoms with E-state index in [4.69, 9.17) is 38.3 Å². The molecule has 2 aromatic carbocycles. The van der Waals surface area contributed by atoms with E-state index in [2.05, 4.69) is 5.43 Å². The van der Waals surface area contributed by atoms with E-state index in [-0.39, 0.29) is 12.5 Å². The number of hydrogen-bond acceptors (Lipinski definition) is 6. The molecule has 0 aliphatic carbocycles. The fraction of sp³-hybridized carbons (Fsp3) is 0.250. The Balaban J connectivity index is 2.10. The van der Waals surface area contributed by atoms with E-state index in [1.165, 1.54) is 5.01 Å². The molecule has 0 radical (unpaired) electrons. The summed E-state index contributed by atoms with van der Waals surface area (Å²) in [7, 11) is 0. The minimum Gasteiger partial charge on any atom is -0.481 e. The van der Waals surface area contributed by atoms with Gasteiger partial charge in [0.2, 0.25) is 11.7 Å². The molecular weight excluding hydrogens is 410 g/mol. The summed E-state index contributed by atoms with van der Waals surface area (Å²) in [5.74, 6) is -2.86. The number of nitrogens with one attached hydrogen (secondary N) is 2. The number of halogens is 1. The fourth-order valence-electron chi connectivity index (χ4n) is 3.44. The number of hydrazine groups is 1. The number of carbonyl (C=O) groups is 2. The third-order valence-corrected chi connectivity index (χ3v) is 5.13. The third-order valence-electron chi connectivity index (χ3n) is 4.88. The maximum absolute atomic E-state index is 12.8. The van der Waals surface area contributed by atoms with Gasteiger partial charge in [-0.25, -0.2) is 0 Å². The molecule has 1 fully saturated rings. The zero-order valence-electron chi connectivity index (χ0n) is 15.9.